The predicted molar refractivity (Wildman–Crippen MR) is 64.4 cm³/mol. The van der Waals surface area contributed by atoms with Crippen LogP contribution in [0.1, 0.15) is 33.6 Å². The molecule has 17 heavy (non-hydrogen) atoms. The number of hydrogen-bond donors (Lipinski definition) is 0. The monoisotopic (exact) mass is 232 g/mol. The molecule has 0 radical (unpaired) electrons. The van der Waals surface area contributed by atoms with Gasteiger partial charge in [-0.05, 0) is 37.5 Å². The number of ketones is 1. The van der Waals surface area contributed by atoms with Crippen LogP contribution in [0, 0.1) is 29.1 Å². The smallest absolute Gasteiger partial charge is 0.165 e. The van der Waals surface area contributed by atoms with Crippen molar-refractivity contribution in [2.75, 3.05) is 6.61 Å². The number of carbonyl (C=O) groups is 1. The van der Waals surface area contributed by atoms with Crippen LogP contribution in [0.15, 0.2) is 11.1 Å². The van der Waals surface area contributed by atoms with Gasteiger partial charge in [0.05, 0.1) is 18.6 Å². The Bertz CT molecular complexity index is 450. The lowest BCUT2D eigenvalue weighted by molar-refractivity contribution is -0.126. The van der Waals surface area contributed by atoms with Gasteiger partial charge in [-0.15, -0.1) is 0 Å². The summed E-state index contributed by atoms with van der Waals surface area (Å²) < 4.78 is 5.87. The van der Waals surface area contributed by atoms with Gasteiger partial charge >= 0.3 is 0 Å². The van der Waals surface area contributed by atoms with E-state index >= 15 is 0 Å². The van der Waals surface area contributed by atoms with Crippen LogP contribution in [0.25, 0.3) is 0 Å². The first-order chi connectivity index (χ1) is 8.04. The summed E-state index contributed by atoms with van der Waals surface area (Å²) in [6.45, 7) is 7.45. The highest BCUT2D eigenvalue weighted by Crippen LogP contribution is 2.69. The molecule has 4 rings (SSSR count). The summed E-state index contributed by atoms with van der Waals surface area (Å²) in [6.07, 6.45) is 2.60. The van der Waals surface area contributed by atoms with Crippen LogP contribution in [0.3, 0.4) is 0 Å². The molecule has 2 heteroatoms. The lowest BCUT2D eigenvalue weighted by Gasteiger charge is -2.40. The molecule has 4 aliphatic rings. The SMILES string of the molecule is CC1=C2C(=O)C3C(C)COC3C[C@@]2(C)[C@@H]2C[C@H]12. The normalized spacial score (nSPS) is 55.7. The van der Waals surface area contributed by atoms with Crippen LogP contribution in [0.4, 0.5) is 0 Å². The zero-order valence-corrected chi connectivity index (χ0v) is 10.8. The van der Waals surface area contributed by atoms with Crippen LogP contribution in [-0.2, 0) is 9.53 Å². The third-order valence-corrected chi connectivity index (χ3v) is 5.89. The van der Waals surface area contributed by atoms with Gasteiger partial charge in [0.2, 0.25) is 0 Å². The number of fused-ring (bicyclic) bond motifs is 4. The zero-order valence-electron chi connectivity index (χ0n) is 10.8. The topological polar surface area (TPSA) is 26.3 Å². The van der Waals surface area contributed by atoms with Crippen molar-refractivity contribution in [3.8, 4) is 0 Å². The maximum atomic E-state index is 12.7. The van der Waals surface area contributed by atoms with E-state index in [0.29, 0.717) is 11.7 Å². The van der Waals surface area contributed by atoms with Crippen LogP contribution in [0.5, 0.6) is 0 Å². The van der Waals surface area contributed by atoms with Crippen molar-refractivity contribution in [2.45, 2.75) is 39.7 Å². The summed E-state index contributed by atoms with van der Waals surface area (Å²) in [5.41, 5.74) is 2.77. The molecule has 1 heterocycles. The summed E-state index contributed by atoms with van der Waals surface area (Å²) >= 11 is 0. The first-order valence-corrected chi connectivity index (χ1v) is 6.91. The van der Waals surface area contributed by atoms with Crippen LogP contribution >= 0.6 is 0 Å². The number of allylic oxidation sites excluding steroid dienone is 2. The Morgan fingerprint density at radius 3 is 2.94 bits per heavy atom. The molecule has 1 aliphatic heterocycles. The van der Waals surface area contributed by atoms with Gasteiger partial charge in [0.25, 0.3) is 0 Å². The van der Waals surface area contributed by atoms with E-state index in [9.17, 15) is 4.79 Å². The molecule has 1 saturated heterocycles. The molecule has 0 spiro atoms. The fraction of sp³-hybridized carbons (Fsp3) is 0.800. The predicted octanol–water partition coefficient (Wildman–Crippen LogP) is 2.58. The van der Waals surface area contributed by atoms with E-state index in [4.69, 9.17) is 4.74 Å². The number of Topliss-reactive ketones (excluding diaryl/α,β-unsaturated/α-hetero) is 1. The lowest BCUT2D eigenvalue weighted by atomic mass is 9.63. The summed E-state index contributed by atoms with van der Waals surface area (Å²) in [5.74, 6) is 2.48. The van der Waals surface area contributed by atoms with E-state index in [1.807, 2.05) is 0 Å². The minimum atomic E-state index is 0.150. The fourth-order valence-corrected chi connectivity index (χ4v) is 4.98. The van der Waals surface area contributed by atoms with Crippen molar-refractivity contribution in [3.63, 3.8) is 0 Å². The molecule has 0 aromatic carbocycles. The highest BCUT2D eigenvalue weighted by molar-refractivity contribution is 6.02. The zero-order chi connectivity index (χ0) is 11.9. The number of ether oxygens (including phenoxy) is 1. The van der Waals surface area contributed by atoms with Gasteiger partial charge in [-0.25, -0.2) is 0 Å². The quantitative estimate of drug-likeness (QED) is 0.641. The Balaban J connectivity index is 1.83. The highest BCUT2D eigenvalue weighted by atomic mass is 16.5. The van der Waals surface area contributed by atoms with E-state index < -0.39 is 0 Å². The Labute approximate surface area is 102 Å². The van der Waals surface area contributed by atoms with Crippen molar-refractivity contribution in [2.24, 2.45) is 29.1 Å². The van der Waals surface area contributed by atoms with Crippen LogP contribution < -0.4 is 0 Å². The third kappa shape index (κ3) is 1.04. The maximum Gasteiger partial charge on any atom is 0.165 e. The molecule has 3 fully saturated rings. The molecule has 0 bridgehead atoms. The van der Waals surface area contributed by atoms with E-state index in [-0.39, 0.29) is 17.4 Å². The second-order valence-corrected chi connectivity index (χ2v) is 6.87. The summed E-state index contributed by atoms with van der Waals surface area (Å²) in [6, 6.07) is 0. The van der Waals surface area contributed by atoms with Gasteiger partial charge in [-0.2, -0.15) is 0 Å². The van der Waals surface area contributed by atoms with Gasteiger partial charge in [-0.3, -0.25) is 4.79 Å². The highest BCUT2D eigenvalue weighted by Gasteiger charge is 2.65. The second kappa shape index (κ2) is 2.85. The molecule has 0 aromatic heterocycles. The molecule has 0 aromatic rings. The molecular formula is C15H20O2. The van der Waals surface area contributed by atoms with E-state index in [0.717, 1.165) is 24.9 Å². The van der Waals surface area contributed by atoms with Crippen LogP contribution in [0.2, 0.25) is 0 Å². The molecule has 6 atom stereocenters. The fourth-order valence-electron chi connectivity index (χ4n) is 4.98. The van der Waals surface area contributed by atoms with Crippen molar-refractivity contribution < 1.29 is 9.53 Å². The average Bonchev–Trinajstić information content (AvgIpc) is 2.94. The van der Waals surface area contributed by atoms with Crippen LogP contribution in [-0.4, -0.2) is 18.5 Å². The molecule has 3 unspecified atom stereocenters. The van der Waals surface area contributed by atoms with Gasteiger partial charge in [0, 0.05) is 11.0 Å². The number of rotatable bonds is 0. The molecule has 2 saturated carbocycles. The molecule has 2 nitrogen and oxygen atoms in total. The third-order valence-electron chi connectivity index (χ3n) is 5.89. The van der Waals surface area contributed by atoms with Gasteiger partial charge < -0.3 is 4.74 Å². The Hall–Kier alpha value is -0.630. The Morgan fingerprint density at radius 2 is 2.18 bits per heavy atom. The number of carbonyl (C=O) groups excluding carboxylic acids is 1. The van der Waals surface area contributed by atoms with Crippen molar-refractivity contribution >= 4 is 5.78 Å². The van der Waals surface area contributed by atoms with Gasteiger partial charge in [0.1, 0.15) is 0 Å². The van der Waals surface area contributed by atoms with Crippen molar-refractivity contribution in [3.05, 3.63) is 11.1 Å². The molecule has 0 N–H and O–H groups in total. The maximum absolute atomic E-state index is 12.7. The number of hydrogen-bond acceptors (Lipinski definition) is 2. The van der Waals surface area contributed by atoms with E-state index in [1.165, 1.54) is 17.6 Å². The standard InChI is InChI=1S/C15H20O2/c1-7-6-17-11-5-15(3)10-4-9(10)8(2)13(15)14(16)12(7)11/h7,9-12H,4-6H2,1-3H3/t7?,9-,10-,11?,12?,15+/m1/s1. The van der Waals surface area contributed by atoms with E-state index in [2.05, 4.69) is 20.8 Å². The summed E-state index contributed by atoms with van der Waals surface area (Å²) in [7, 11) is 0. The molecular weight excluding hydrogens is 212 g/mol. The first kappa shape index (κ1) is 10.3. The summed E-state index contributed by atoms with van der Waals surface area (Å²) in [5, 5.41) is 0. The Kier molecular flexibility index (Phi) is 1.73. The lowest BCUT2D eigenvalue weighted by Crippen LogP contribution is -2.43. The molecule has 0 amide bonds. The summed E-state index contributed by atoms with van der Waals surface area (Å²) in [4.78, 5) is 12.7. The average molecular weight is 232 g/mol. The van der Waals surface area contributed by atoms with Gasteiger partial charge in [0.15, 0.2) is 5.78 Å². The van der Waals surface area contributed by atoms with Crippen molar-refractivity contribution in [1.29, 1.82) is 0 Å². The minimum absolute atomic E-state index is 0.150. The molecule has 3 aliphatic carbocycles. The van der Waals surface area contributed by atoms with Gasteiger partial charge in [-0.1, -0.05) is 19.4 Å². The largest absolute Gasteiger partial charge is 0.377 e. The Morgan fingerprint density at radius 1 is 1.41 bits per heavy atom. The second-order valence-electron chi connectivity index (χ2n) is 6.87. The molecule has 92 valence electrons. The van der Waals surface area contributed by atoms with Crippen molar-refractivity contribution in [1.82, 2.24) is 0 Å². The van der Waals surface area contributed by atoms with E-state index in [1.54, 1.807) is 0 Å². The first-order valence-electron chi connectivity index (χ1n) is 6.91. The minimum Gasteiger partial charge on any atom is -0.377 e.